The fourth-order valence-electron chi connectivity index (χ4n) is 2.81. The van der Waals surface area contributed by atoms with Gasteiger partial charge in [0.05, 0.1) is 11.5 Å². The molecule has 0 fully saturated rings. The molecule has 0 radical (unpaired) electrons. The van der Waals surface area contributed by atoms with E-state index in [-0.39, 0.29) is 23.5 Å². The Labute approximate surface area is 213 Å². The van der Waals surface area contributed by atoms with Gasteiger partial charge in [-0.15, -0.1) is 0 Å². The lowest BCUT2D eigenvalue weighted by Crippen LogP contribution is -2.10. The smallest absolute Gasteiger partial charge is 0.294 e. The van der Waals surface area contributed by atoms with Crippen LogP contribution in [0.4, 0.5) is 0 Å². The molecule has 5 nitrogen and oxygen atoms in total. The van der Waals surface area contributed by atoms with Crippen LogP contribution >= 0.6 is 67.8 Å². The molecule has 1 N–H and O–H groups in total. The summed E-state index contributed by atoms with van der Waals surface area (Å²) >= 11 is 6.90. The highest BCUT2D eigenvalue weighted by atomic mass is 127. The van der Waals surface area contributed by atoms with Crippen molar-refractivity contribution >= 4 is 77.9 Å². The average molecular weight is 756 g/mol. The van der Waals surface area contributed by atoms with Crippen LogP contribution in [0, 0.1) is 10.7 Å². The average Bonchev–Trinajstić information content (AvgIpc) is 2.60. The first-order valence-electron chi connectivity index (χ1n) is 8.91. The van der Waals surface area contributed by atoms with Crippen LogP contribution in [-0.2, 0) is 21.5 Å². The number of rotatable bonds is 8. The van der Waals surface area contributed by atoms with E-state index in [1.165, 1.54) is 9.64 Å². The highest BCUT2D eigenvalue weighted by Gasteiger charge is 2.22. The number of ether oxygens (including phenoxy) is 2. The molecule has 0 aliphatic rings. The predicted molar refractivity (Wildman–Crippen MR) is 139 cm³/mol. The molecule has 0 heterocycles. The largest absolute Gasteiger partial charge is 0.467 e. The number of hydrogen-bond donors (Lipinski definition) is 1. The molecule has 0 unspecified atom stereocenters. The Balaban J connectivity index is 2.23. The molecule has 0 saturated carbocycles. The Hall–Kier alpha value is 0.300. The molecule has 29 heavy (non-hydrogen) atoms. The van der Waals surface area contributed by atoms with E-state index >= 15 is 0 Å². The highest BCUT2D eigenvalue weighted by Crippen LogP contribution is 2.35. The van der Waals surface area contributed by atoms with Crippen molar-refractivity contribution in [1.82, 2.24) is 0 Å². The highest BCUT2D eigenvalue weighted by molar-refractivity contribution is 14.1. The summed E-state index contributed by atoms with van der Waals surface area (Å²) in [5.41, 5.74) is 2.33. The number of halogens is 3. The van der Waals surface area contributed by atoms with E-state index < -0.39 is 10.1 Å². The van der Waals surface area contributed by atoms with E-state index in [4.69, 9.17) is 9.47 Å². The van der Waals surface area contributed by atoms with Crippen molar-refractivity contribution in [2.24, 2.45) is 0 Å². The number of benzene rings is 2. The van der Waals surface area contributed by atoms with Gasteiger partial charge < -0.3 is 9.47 Å². The van der Waals surface area contributed by atoms with Gasteiger partial charge in [0.2, 0.25) is 0 Å². The van der Waals surface area contributed by atoms with Crippen LogP contribution in [0.15, 0.2) is 29.2 Å². The van der Waals surface area contributed by atoms with Gasteiger partial charge in [0.1, 0.15) is 5.75 Å². The molecule has 2 aromatic carbocycles. The van der Waals surface area contributed by atoms with Crippen molar-refractivity contribution < 1.29 is 22.4 Å². The molecule has 0 aliphatic heterocycles. The summed E-state index contributed by atoms with van der Waals surface area (Å²) in [5, 5.41) is 0. The molecule has 2 rings (SSSR count). The number of hydrogen-bond acceptors (Lipinski definition) is 4. The predicted octanol–water partition coefficient (Wildman–Crippen LogP) is 6.55. The van der Waals surface area contributed by atoms with Crippen LogP contribution in [0.2, 0.25) is 0 Å². The third-order valence-corrected chi connectivity index (χ3v) is 8.98. The van der Waals surface area contributed by atoms with E-state index in [0.717, 1.165) is 12.7 Å². The first-order chi connectivity index (χ1) is 13.4. The van der Waals surface area contributed by atoms with Crippen molar-refractivity contribution in [2.45, 2.75) is 51.0 Å². The Bertz CT molecular complexity index is 988. The molecule has 0 amide bonds. The quantitative estimate of drug-likeness (QED) is 0.109. The first kappa shape index (κ1) is 25.6. The van der Waals surface area contributed by atoms with Crippen molar-refractivity contribution in [3.63, 3.8) is 0 Å². The summed E-state index contributed by atoms with van der Waals surface area (Å²) < 4.78 is 48.4. The molecule has 0 spiro atoms. The van der Waals surface area contributed by atoms with Crippen molar-refractivity contribution in [1.29, 1.82) is 0 Å². The van der Waals surface area contributed by atoms with E-state index in [1.807, 2.05) is 27.7 Å². The second-order valence-electron chi connectivity index (χ2n) is 7.18. The fraction of sp³-hybridized carbons (Fsp3) is 0.400. The lowest BCUT2D eigenvalue weighted by Gasteiger charge is -2.19. The molecular formula is C20H23I3O5S. The van der Waals surface area contributed by atoms with Crippen LogP contribution in [-0.4, -0.2) is 19.8 Å². The zero-order chi connectivity index (χ0) is 21.9. The minimum atomic E-state index is -4.31. The molecule has 0 aliphatic carbocycles. The summed E-state index contributed by atoms with van der Waals surface area (Å²) in [7, 11) is -4.31. The van der Waals surface area contributed by atoms with Crippen LogP contribution < -0.4 is 4.74 Å². The van der Waals surface area contributed by atoms with E-state index in [2.05, 4.69) is 79.9 Å². The zero-order valence-corrected chi connectivity index (χ0v) is 23.8. The fourth-order valence-corrected chi connectivity index (χ4v) is 6.11. The van der Waals surface area contributed by atoms with Gasteiger partial charge in [-0.1, -0.05) is 27.7 Å². The lowest BCUT2D eigenvalue weighted by atomic mass is 9.96. The van der Waals surface area contributed by atoms with Gasteiger partial charge >= 0.3 is 0 Å². The van der Waals surface area contributed by atoms with E-state index in [1.54, 1.807) is 6.07 Å². The third kappa shape index (κ3) is 6.89. The summed E-state index contributed by atoms with van der Waals surface area (Å²) in [6.07, 6.45) is 0. The molecular weight excluding hydrogens is 733 g/mol. The molecule has 2 aromatic rings. The second-order valence-corrected chi connectivity index (χ2v) is 12.1. The minimum absolute atomic E-state index is 0.0185. The Morgan fingerprint density at radius 3 is 2.14 bits per heavy atom. The van der Waals surface area contributed by atoms with Crippen molar-refractivity contribution in [3.8, 4) is 5.75 Å². The van der Waals surface area contributed by atoms with Crippen LogP contribution in [0.1, 0.15) is 56.2 Å². The summed E-state index contributed by atoms with van der Waals surface area (Å²) in [5.74, 6) is 0.499. The summed E-state index contributed by atoms with van der Waals surface area (Å²) in [4.78, 5) is -0.0625. The monoisotopic (exact) mass is 756 g/mol. The molecule has 0 saturated heterocycles. The maximum atomic E-state index is 11.8. The molecule has 9 heteroatoms. The molecule has 160 valence electrons. The standard InChI is InChI=1S/C20H23I3O5S/c1-11(2)15-8-19(29(24,25)26)16(12(3)4)7-18(15)28-10-27-9-13-5-14(21)6-17(22)20(13)23/h5-8,11-12H,9-10H2,1-4H3,(H,24,25,26). The van der Waals surface area contributed by atoms with Crippen molar-refractivity contribution in [2.75, 3.05) is 6.79 Å². The Morgan fingerprint density at radius 1 is 0.966 bits per heavy atom. The van der Waals surface area contributed by atoms with Gasteiger partial charge in [0.25, 0.3) is 10.1 Å². The maximum Gasteiger partial charge on any atom is 0.294 e. The van der Waals surface area contributed by atoms with Gasteiger partial charge in [0.15, 0.2) is 6.79 Å². The SMILES string of the molecule is CC(C)c1cc(S(=O)(=O)O)c(C(C)C)cc1OCOCc1cc(I)cc(I)c1I. The van der Waals surface area contributed by atoms with Crippen LogP contribution in [0.25, 0.3) is 0 Å². The van der Waals surface area contributed by atoms with Crippen LogP contribution in [0.5, 0.6) is 5.75 Å². The lowest BCUT2D eigenvalue weighted by molar-refractivity contribution is 0.00405. The zero-order valence-electron chi connectivity index (χ0n) is 16.5. The third-order valence-electron chi connectivity index (χ3n) is 4.29. The van der Waals surface area contributed by atoms with Gasteiger partial charge in [-0.2, -0.15) is 8.42 Å². The minimum Gasteiger partial charge on any atom is -0.467 e. The Morgan fingerprint density at radius 2 is 1.59 bits per heavy atom. The van der Waals surface area contributed by atoms with Crippen molar-refractivity contribution in [3.05, 3.63) is 51.7 Å². The molecule has 0 aromatic heterocycles. The van der Waals surface area contributed by atoms with Crippen LogP contribution in [0.3, 0.4) is 0 Å². The molecule has 0 bridgehead atoms. The topological polar surface area (TPSA) is 72.8 Å². The molecule has 0 atom stereocenters. The first-order valence-corrected chi connectivity index (χ1v) is 13.6. The normalized spacial score (nSPS) is 12.1. The summed E-state index contributed by atoms with van der Waals surface area (Å²) in [6.45, 7) is 8.10. The van der Waals surface area contributed by atoms with Gasteiger partial charge in [-0.25, -0.2) is 0 Å². The summed E-state index contributed by atoms with van der Waals surface area (Å²) in [6, 6.07) is 7.41. The van der Waals surface area contributed by atoms with Gasteiger partial charge in [-0.3, -0.25) is 4.55 Å². The van der Waals surface area contributed by atoms with E-state index in [9.17, 15) is 13.0 Å². The van der Waals surface area contributed by atoms with Gasteiger partial charge in [0, 0.05) is 10.7 Å². The maximum absolute atomic E-state index is 11.8. The van der Waals surface area contributed by atoms with E-state index in [0.29, 0.717) is 23.5 Å². The second kappa shape index (κ2) is 10.7. The Kier molecular flexibility index (Phi) is 9.47. The van der Waals surface area contributed by atoms with Gasteiger partial charge in [-0.05, 0) is 121 Å².